The third kappa shape index (κ3) is 3.39. The molecule has 0 aliphatic rings. The maximum Gasteiger partial charge on any atom is 0.0601 e. The highest BCUT2D eigenvalue weighted by Crippen LogP contribution is 2.10. The largest absolute Gasteiger partial charge is 0.326 e. The molecule has 0 spiro atoms. The fraction of sp³-hybridized carbons (Fsp3) is 0.385. The van der Waals surface area contributed by atoms with Crippen molar-refractivity contribution in [2.24, 2.45) is 5.73 Å². The lowest BCUT2D eigenvalue weighted by atomic mass is 10.1. The van der Waals surface area contributed by atoms with Crippen LogP contribution in [0.15, 0.2) is 24.3 Å². The van der Waals surface area contributed by atoms with Gasteiger partial charge in [-0.15, -0.1) is 6.42 Å². The molecular weight excluding hydrogens is 184 g/mol. The van der Waals surface area contributed by atoms with E-state index in [0.717, 1.165) is 13.1 Å². The Labute approximate surface area is 92.1 Å². The van der Waals surface area contributed by atoms with E-state index in [0.29, 0.717) is 13.1 Å². The van der Waals surface area contributed by atoms with Crippen LogP contribution in [0.3, 0.4) is 0 Å². The molecule has 0 aliphatic heterocycles. The molecule has 0 heterocycles. The average Bonchev–Trinajstić information content (AvgIpc) is 2.29. The number of nitrogens with two attached hydrogens (primary N) is 1. The van der Waals surface area contributed by atoms with E-state index in [9.17, 15) is 0 Å². The average molecular weight is 202 g/mol. The van der Waals surface area contributed by atoms with Crippen LogP contribution in [0.1, 0.15) is 18.1 Å². The zero-order chi connectivity index (χ0) is 11.1. The maximum absolute atomic E-state index is 5.68. The molecule has 0 amide bonds. The first kappa shape index (κ1) is 11.8. The van der Waals surface area contributed by atoms with Crippen molar-refractivity contribution in [3.8, 4) is 12.3 Å². The summed E-state index contributed by atoms with van der Waals surface area (Å²) in [5, 5.41) is 0. The van der Waals surface area contributed by atoms with Crippen LogP contribution in [0.5, 0.6) is 0 Å². The van der Waals surface area contributed by atoms with E-state index in [1.165, 1.54) is 11.1 Å². The van der Waals surface area contributed by atoms with Gasteiger partial charge in [-0.1, -0.05) is 37.1 Å². The van der Waals surface area contributed by atoms with Crippen LogP contribution in [-0.4, -0.2) is 18.0 Å². The van der Waals surface area contributed by atoms with Crippen molar-refractivity contribution in [1.29, 1.82) is 0 Å². The Morgan fingerprint density at radius 2 is 2.00 bits per heavy atom. The summed E-state index contributed by atoms with van der Waals surface area (Å²) in [5.74, 6) is 2.67. The molecule has 0 saturated heterocycles. The van der Waals surface area contributed by atoms with Gasteiger partial charge in [-0.2, -0.15) is 0 Å². The molecule has 1 aromatic carbocycles. The van der Waals surface area contributed by atoms with E-state index in [1.807, 2.05) is 12.1 Å². The smallest absolute Gasteiger partial charge is 0.0601 e. The van der Waals surface area contributed by atoms with Gasteiger partial charge in [0.1, 0.15) is 0 Å². The number of hydrogen-bond donors (Lipinski definition) is 1. The van der Waals surface area contributed by atoms with Crippen LogP contribution in [0.25, 0.3) is 0 Å². The van der Waals surface area contributed by atoms with Crippen LogP contribution in [0.4, 0.5) is 0 Å². The van der Waals surface area contributed by atoms with Crippen molar-refractivity contribution in [3.63, 3.8) is 0 Å². The second-order valence-electron chi connectivity index (χ2n) is 3.48. The molecule has 2 N–H and O–H groups in total. The fourth-order valence-electron chi connectivity index (χ4n) is 1.56. The summed E-state index contributed by atoms with van der Waals surface area (Å²) in [6.07, 6.45) is 5.31. The Bertz CT molecular complexity index is 339. The van der Waals surface area contributed by atoms with Crippen LogP contribution >= 0.6 is 0 Å². The topological polar surface area (TPSA) is 29.3 Å². The van der Waals surface area contributed by atoms with Crippen LogP contribution < -0.4 is 5.73 Å². The third-order valence-corrected chi connectivity index (χ3v) is 2.49. The van der Waals surface area contributed by atoms with Crippen molar-refractivity contribution in [2.75, 3.05) is 13.1 Å². The van der Waals surface area contributed by atoms with Crippen molar-refractivity contribution < 1.29 is 0 Å². The number of terminal acetylenes is 1. The number of benzene rings is 1. The molecule has 0 aliphatic carbocycles. The molecule has 1 aromatic rings. The number of rotatable bonds is 5. The van der Waals surface area contributed by atoms with Crippen molar-refractivity contribution in [3.05, 3.63) is 35.4 Å². The van der Waals surface area contributed by atoms with Gasteiger partial charge in [0.15, 0.2) is 0 Å². The summed E-state index contributed by atoms with van der Waals surface area (Å²) in [7, 11) is 0. The molecule has 2 nitrogen and oxygen atoms in total. The number of hydrogen-bond acceptors (Lipinski definition) is 2. The van der Waals surface area contributed by atoms with Gasteiger partial charge in [0.25, 0.3) is 0 Å². The Morgan fingerprint density at radius 1 is 1.33 bits per heavy atom. The van der Waals surface area contributed by atoms with Gasteiger partial charge in [0, 0.05) is 13.1 Å². The van der Waals surface area contributed by atoms with Gasteiger partial charge in [0.2, 0.25) is 0 Å². The summed E-state index contributed by atoms with van der Waals surface area (Å²) < 4.78 is 0. The molecule has 0 fully saturated rings. The first-order valence-corrected chi connectivity index (χ1v) is 5.24. The van der Waals surface area contributed by atoms with E-state index in [2.05, 4.69) is 29.9 Å². The summed E-state index contributed by atoms with van der Waals surface area (Å²) in [5.41, 5.74) is 8.16. The minimum Gasteiger partial charge on any atom is -0.326 e. The monoisotopic (exact) mass is 202 g/mol. The highest BCUT2D eigenvalue weighted by Gasteiger charge is 2.04. The molecule has 2 heteroatoms. The normalized spacial score (nSPS) is 10.3. The van der Waals surface area contributed by atoms with Gasteiger partial charge in [-0.05, 0) is 17.7 Å². The van der Waals surface area contributed by atoms with Crippen molar-refractivity contribution in [1.82, 2.24) is 4.90 Å². The van der Waals surface area contributed by atoms with Crippen molar-refractivity contribution >= 4 is 0 Å². The minimum absolute atomic E-state index is 0.587. The lowest BCUT2D eigenvalue weighted by Gasteiger charge is -2.19. The zero-order valence-corrected chi connectivity index (χ0v) is 9.24. The summed E-state index contributed by atoms with van der Waals surface area (Å²) in [6.45, 7) is 5.23. The van der Waals surface area contributed by atoms with Gasteiger partial charge < -0.3 is 5.73 Å². The second-order valence-corrected chi connectivity index (χ2v) is 3.48. The van der Waals surface area contributed by atoms with Crippen molar-refractivity contribution in [2.45, 2.75) is 20.0 Å². The van der Waals surface area contributed by atoms with Gasteiger partial charge in [0.05, 0.1) is 6.54 Å². The molecule has 0 atom stereocenters. The number of nitrogens with zero attached hydrogens (tertiary/aromatic N) is 1. The lowest BCUT2D eigenvalue weighted by molar-refractivity contribution is 0.315. The molecule has 0 unspecified atom stereocenters. The highest BCUT2D eigenvalue weighted by molar-refractivity contribution is 5.26. The third-order valence-electron chi connectivity index (χ3n) is 2.49. The zero-order valence-electron chi connectivity index (χ0n) is 9.24. The molecule has 15 heavy (non-hydrogen) atoms. The predicted molar refractivity (Wildman–Crippen MR) is 64.1 cm³/mol. The van der Waals surface area contributed by atoms with Crippen LogP contribution in [0, 0.1) is 12.3 Å². The standard InChI is InChI=1S/C13H18N2/c1-3-9-15(4-2)11-13-8-6-5-7-12(13)10-14/h1,5-8H,4,9-11,14H2,2H3. The molecule has 0 saturated carbocycles. The molecule has 0 aromatic heterocycles. The van der Waals surface area contributed by atoms with E-state index in [-0.39, 0.29) is 0 Å². The fourth-order valence-corrected chi connectivity index (χ4v) is 1.56. The van der Waals surface area contributed by atoms with E-state index in [1.54, 1.807) is 0 Å². The lowest BCUT2D eigenvalue weighted by Crippen LogP contribution is -2.24. The minimum atomic E-state index is 0.587. The van der Waals surface area contributed by atoms with E-state index >= 15 is 0 Å². The summed E-state index contributed by atoms with van der Waals surface area (Å²) in [6, 6.07) is 8.24. The van der Waals surface area contributed by atoms with Crippen LogP contribution in [0.2, 0.25) is 0 Å². The summed E-state index contributed by atoms with van der Waals surface area (Å²) in [4.78, 5) is 2.22. The molecule has 0 bridgehead atoms. The molecular formula is C13H18N2. The van der Waals surface area contributed by atoms with Gasteiger partial charge in [-0.25, -0.2) is 0 Å². The Morgan fingerprint density at radius 3 is 2.53 bits per heavy atom. The molecule has 1 rings (SSSR count). The van der Waals surface area contributed by atoms with E-state index in [4.69, 9.17) is 12.2 Å². The Hall–Kier alpha value is -1.30. The first-order chi connectivity index (χ1) is 7.31. The van der Waals surface area contributed by atoms with Crippen LogP contribution in [-0.2, 0) is 13.1 Å². The maximum atomic E-state index is 5.68. The second kappa shape index (κ2) is 6.23. The van der Waals surface area contributed by atoms with Gasteiger partial charge in [-0.3, -0.25) is 4.90 Å². The Kier molecular flexibility index (Phi) is 4.89. The molecule has 0 radical (unpaired) electrons. The SMILES string of the molecule is C#CCN(CC)Cc1ccccc1CN. The predicted octanol–water partition coefficient (Wildman–Crippen LogP) is 1.60. The first-order valence-electron chi connectivity index (χ1n) is 5.24. The quantitative estimate of drug-likeness (QED) is 0.735. The van der Waals surface area contributed by atoms with Gasteiger partial charge >= 0.3 is 0 Å². The Balaban J connectivity index is 2.74. The molecule has 80 valence electrons. The van der Waals surface area contributed by atoms with E-state index < -0.39 is 0 Å². The summed E-state index contributed by atoms with van der Waals surface area (Å²) >= 11 is 0. The highest BCUT2D eigenvalue weighted by atomic mass is 15.1.